The summed E-state index contributed by atoms with van der Waals surface area (Å²) in [5.74, 6) is 0.123. The number of hydrogen-bond acceptors (Lipinski definition) is 3. The van der Waals surface area contributed by atoms with Crippen LogP contribution in [0.4, 0.5) is 18.9 Å². The second-order valence-electron chi connectivity index (χ2n) is 6.69. The van der Waals surface area contributed by atoms with Crippen LogP contribution in [0.25, 0.3) is 0 Å². The first-order chi connectivity index (χ1) is 14.1. The number of carbonyl (C=O) groups is 1. The van der Waals surface area contributed by atoms with Gasteiger partial charge in [0.1, 0.15) is 5.75 Å². The van der Waals surface area contributed by atoms with Gasteiger partial charge in [0.25, 0.3) is 5.91 Å². The number of carbonyl (C=O) groups excluding carboxylic acids is 1. The molecular formula is C21H19ClF3N3O2. The molecule has 0 fully saturated rings. The standard InChI is InChI=1S/C21H19ClF3N3O2/c1-13-20(26-19(29)12-30-18-8-6-17(22)7-9-18)14(2)28(27-13)11-15-4-3-5-16(10-15)21(23,24)25/h3-10H,11-12H2,1-2H3,(H,26,29). The number of nitrogens with zero attached hydrogens (tertiary/aromatic N) is 2. The second kappa shape index (κ2) is 8.79. The van der Waals surface area contributed by atoms with Crippen molar-refractivity contribution < 1.29 is 22.7 Å². The zero-order valence-electron chi connectivity index (χ0n) is 16.3. The molecule has 0 aliphatic carbocycles. The van der Waals surface area contributed by atoms with E-state index in [9.17, 15) is 18.0 Å². The van der Waals surface area contributed by atoms with E-state index in [1.165, 1.54) is 6.07 Å². The minimum atomic E-state index is -4.41. The fraction of sp³-hybridized carbons (Fsp3) is 0.238. The predicted octanol–water partition coefficient (Wildman–Crippen LogP) is 5.24. The highest BCUT2D eigenvalue weighted by molar-refractivity contribution is 6.30. The Hall–Kier alpha value is -3.00. The summed E-state index contributed by atoms with van der Waals surface area (Å²) in [7, 11) is 0. The number of alkyl halides is 3. The average molecular weight is 438 g/mol. The van der Waals surface area contributed by atoms with E-state index in [2.05, 4.69) is 10.4 Å². The third-order valence-corrected chi connectivity index (χ3v) is 4.67. The summed E-state index contributed by atoms with van der Waals surface area (Å²) in [6, 6.07) is 11.7. The van der Waals surface area contributed by atoms with Crippen molar-refractivity contribution >= 4 is 23.2 Å². The lowest BCUT2D eigenvalue weighted by atomic mass is 10.1. The monoisotopic (exact) mass is 437 g/mol. The Labute approximate surface area is 176 Å². The van der Waals surface area contributed by atoms with E-state index in [4.69, 9.17) is 16.3 Å². The molecular weight excluding hydrogens is 419 g/mol. The van der Waals surface area contributed by atoms with E-state index in [1.807, 2.05) is 0 Å². The van der Waals surface area contributed by atoms with Crippen LogP contribution in [0.1, 0.15) is 22.5 Å². The molecule has 5 nitrogen and oxygen atoms in total. The van der Waals surface area contributed by atoms with Crippen LogP contribution >= 0.6 is 11.6 Å². The van der Waals surface area contributed by atoms with E-state index >= 15 is 0 Å². The molecule has 1 heterocycles. The number of aromatic nitrogens is 2. The number of aryl methyl sites for hydroxylation is 1. The van der Waals surface area contributed by atoms with E-state index in [-0.39, 0.29) is 19.1 Å². The van der Waals surface area contributed by atoms with Crippen LogP contribution in [-0.4, -0.2) is 22.3 Å². The highest BCUT2D eigenvalue weighted by Gasteiger charge is 2.30. The van der Waals surface area contributed by atoms with Crippen LogP contribution in [-0.2, 0) is 17.5 Å². The third kappa shape index (κ3) is 5.33. The largest absolute Gasteiger partial charge is 0.484 e. The molecule has 0 aliphatic heterocycles. The summed E-state index contributed by atoms with van der Waals surface area (Å²) in [5.41, 5.74) is 1.43. The van der Waals surface area contributed by atoms with Gasteiger partial charge >= 0.3 is 6.18 Å². The van der Waals surface area contributed by atoms with Gasteiger partial charge in [0.15, 0.2) is 6.61 Å². The zero-order chi connectivity index (χ0) is 21.9. The summed E-state index contributed by atoms with van der Waals surface area (Å²) >= 11 is 5.81. The molecule has 1 aromatic heterocycles. The Kier molecular flexibility index (Phi) is 6.36. The molecule has 9 heteroatoms. The van der Waals surface area contributed by atoms with E-state index in [1.54, 1.807) is 48.9 Å². The fourth-order valence-corrected chi connectivity index (χ4v) is 3.03. The topological polar surface area (TPSA) is 56.2 Å². The Bertz CT molecular complexity index is 1050. The molecule has 0 saturated heterocycles. The number of ether oxygens (including phenoxy) is 1. The summed E-state index contributed by atoms with van der Waals surface area (Å²) < 4.78 is 45.7. The van der Waals surface area contributed by atoms with Gasteiger partial charge < -0.3 is 10.1 Å². The lowest BCUT2D eigenvalue weighted by molar-refractivity contribution is -0.137. The highest BCUT2D eigenvalue weighted by atomic mass is 35.5. The van der Waals surface area contributed by atoms with E-state index in [0.29, 0.717) is 33.4 Å². The highest BCUT2D eigenvalue weighted by Crippen LogP contribution is 2.30. The normalized spacial score (nSPS) is 11.4. The summed E-state index contributed by atoms with van der Waals surface area (Å²) in [5, 5.41) is 7.65. The Morgan fingerprint density at radius 3 is 2.53 bits per heavy atom. The number of rotatable bonds is 6. The van der Waals surface area contributed by atoms with Crippen LogP contribution in [0.15, 0.2) is 48.5 Å². The molecule has 30 heavy (non-hydrogen) atoms. The average Bonchev–Trinajstić information content (AvgIpc) is 2.94. The van der Waals surface area contributed by atoms with Gasteiger partial charge in [-0.05, 0) is 55.8 Å². The number of anilines is 1. The van der Waals surface area contributed by atoms with Crippen LogP contribution in [0.3, 0.4) is 0 Å². The van der Waals surface area contributed by atoms with Gasteiger partial charge in [0, 0.05) is 5.02 Å². The second-order valence-corrected chi connectivity index (χ2v) is 7.13. The molecule has 0 bridgehead atoms. The van der Waals surface area contributed by atoms with Crippen LogP contribution in [0, 0.1) is 13.8 Å². The lowest BCUT2D eigenvalue weighted by Crippen LogP contribution is -2.21. The molecule has 2 aromatic carbocycles. The van der Waals surface area contributed by atoms with Crippen molar-refractivity contribution in [3.05, 3.63) is 76.1 Å². The Balaban J connectivity index is 1.68. The number of benzene rings is 2. The van der Waals surface area contributed by atoms with Gasteiger partial charge in [-0.25, -0.2) is 0 Å². The molecule has 0 spiro atoms. The summed E-state index contributed by atoms with van der Waals surface area (Å²) in [6.07, 6.45) is -4.41. The maximum Gasteiger partial charge on any atom is 0.416 e. The quantitative estimate of drug-likeness (QED) is 0.574. The molecule has 3 aromatic rings. The minimum Gasteiger partial charge on any atom is -0.484 e. The number of halogens is 4. The molecule has 3 rings (SSSR count). The van der Waals surface area contributed by atoms with Crippen LogP contribution in [0.5, 0.6) is 5.75 Å². The fourth-order valence-electron chi connectivity index (χ4n) is 2.91. The Morgan fingerprint density at radius 2 is 1.87 bits per heavy atom. The van der Waals surface area contributed by atoms with Gasteiger partial charge in [-0.3, -0.25) is 9.48 Å². The van der Waals surface area contributed by atoms with Crippen molar-refractivity contribution in [2.24, 2.45) is 0 Å². The van der Waals surface area contributed by atoms with E-state index in [0.717, 1.165) is 12.1 Å². The molecule has 0 saturated carbocycles. The first kappa shape index (κ1) is 21.7. The number of amides is 1. The van der Waals surface area contributed by atoms with Gasteiger partial charge in [0.2, 0.25) is 0 Å². The van der Waals surface area contributed by atoms with Crippen molar-refractivity contribution in [1.29, 1.82) is 0 Å². The Morgan fingerprint density at radius 1 is 1.17 bits per heavy atom. The van der Waals surface area contributed by atoms with Crippen LogP contribution in [0.2, 0.25) is 5.02 Å². The van der Waals surface area contributed by atoms with Crippen LogP contribution < -0.4 is 10.1 Å². The lowest BCUT2D eigenvalue weighted by Gasteiger charge is -2.10. The molecule has 0 aliphatic rings. The maximum atomic E-state index is 12.9. The number of hydrogen-bond donors (Lipinski definition) is 1. The number of nitrogens with one attached hydrogen (secondary N) is 1. The summed E-state index contributed by atoms with van der Waals surface area (Å²) in [6.45, 7) is 3.39. The molecule has 1 N–H and O–H groups in total. The summed E-state index contributed by atoms with van der Waals surface area (Å²) in [4.78, 5) is 12.3. The molecule has 0 unspecified atom stereocenters. The predicted molar refractivity (Wildman–Crippen MR) is 108 cm³/mol. The van der Waals surface area contributed by atoms with Gasteiger partial charge in [-0.1, -0.05) is 23.7 Å². The molecule has 0 radical (unpaired) electrons. The maximum absolute atomic E-state index is 12.9. The SMILES string of the molecule is Cc1nn(Cc2cccc(C(F)(F)F)c2)c(C)c1NC(=O)COc1ccc(Cl)cc1. The van der Waals surface area contributed by atoms with Crippen molar-refractivity contribution in [2.45, 2.75) is 26.6 Å². The molecule has 0 atom stereocenters. The zero-order valence-corrected chi connectivity index (χ0v) is 17.0. The smallest absolute Gasteiger partial charge is 0.416 e. The van der Waals surface area contributed by atoms with Crippen molar-refractivity contribution in [1.82, 2.24) is 9.78 Å². The van der Waals surface area contributed by atoms with Crippen molar-refractivity contribution in [3.8, 4) is 5.75 Å². The first-order valence-corrected chi connectivity index (χ1v) is 9.39. The minimum absolute atomic E-state index is 0.147. The molecule has 158 valence electrons. The van der Waals surface area contributed by atoms with E-state index < -0.39 is 11.7 Å². The van der Waals surface area contributed by atoms with Crippen molar-refractivity contribution in [3.63, 3.8) is 0 Å². The van der Waals surface area contributed by atoms with Gasteiger partial charge in [-0.2, -0.15) is 18.3 Å². The molecule has 1 amide bonds. The van der Waals surface area contributed by atoms with Gasteiger partial charge in [0.05, 0.1) is 29.2 Å². The third-order valence-electron chi connectivity index (χ3n) is 4.42. The van der Waals surface area contributed by atoms with Gasteiger partial charge in [-0.15, -0.1) is 0 Å². The van der Waals surface area contributed by atoms with Crippen molar-refractivity contribution in [2.75, 3.05) is 11.9 Å². The first-order valence-electron chi connectivity index (χ1n) is 9.02.